The van der Waals surface area contributed by atoms with E-state index in [0.29, 0.717) is 0 Å². The van der Waals surface area contributed by atoms with Crippen LogP contribution in [0.3, 0.4) is 0 Å². The van der Waals surface area contributed by atoms with Crippen LogP contribution in [0.4, 0.5) is 18.9 Å². The van der Waals surface area contributed by atoms with Gasteiger partial charge in [-0.1, -0.05) is 24.4 Å². The summed E-state index contributed by atoms with van der Waals surface area (Å²) in [6, 6.07) is 5.19. The van der Waals surface area contributed by atoms with Gasteiger partial charge in [-0.15, -0.1) is 13.2 Å². The third-order valence-electron chi connectivity index (χ3n) is 2.19. The number of nitrogens with one attached hydrogen (secondary N) is 1. The van der Waals surface area contributed by atoms with Crippen molar-refractivity contribution in [3.8, 4) is 5.75 Å². The number of amides is 1. The van der Waals surface area contributed by atoms with E-state index in [9.17, 15) is 18.0 Å². The van der Waals surface area contributed by atoms with E-state index in [1.54, 1.807) is 0 Å². The van der Waals surface area contributed by atoms with Crippen LogP contribution in [0, 0.1) is 5.92 Å². The van der Waals surface area contributed by atoms with Gasteiger partial charge in [-0.3, -0.25) is 4.79 Å². The molecule has 0 aliphatic heterocycles. The average Bonchev–Trinajstić information content (AvgIpc) is 2.28. The maximum atomic E-state index is 12.2. The lowest BCUT2D eigenvalue weighted by Crippen LogP contribution is -2.31. The van der Waals surface area contributed by atoms with E-state index in [4.69, 9.17) is 5.73 Å². The standard InChI is InChI=1S/C11H11F3N2O2S/c1-6(9(15)19)10(17)16-7-4-2-3-5-8(7)18-11(12,13)14/h2-6H,1H3,(H2,15,19)(H,16,17). The quantitative estimate of drug-likeness (QED) is 0.837. The summed E-state index contributed by atoms with van der Waals surface area (Å²) in [6.45, 7) is 1.45. The highest BCUT2D eigenvalue weighted by molar-refractivity contribution is 7.80. The lowest BCUT2D eigenvalue weighted by atomic mass is 10.1. The first kappa shape index (κ1) is 15.2. The number of para-hydroxylation sites is 2. The van der Waals surface area contributed by atoms with Crippen molar-refractivity contribution in [2.24, 2.45) is 11.7 Å². The van der Waals surface area contributed by atoms with Crippen LogP contribution in [0.25, 0.3) is 0 Å². The Morgan fingerprint density at radius 2 is 2.00 bits per heavy atom. The van der Waals surface area contributed by atoms with E-state index in [1.165, 1.54) is 25.1 Å². The fourth-order valence-electron chi connectivity index (χ4n) is 1.15. The molecule has 1 unspecified atom stereocenters. The first-order chi connectivity index (χ1) is 8.70. The second-order valence-electron chi connectivity index (χ2n) is 3.66. The normalized spacial score (nSPS) is 12.6. The lowest BCUT2D eigenvalue weighted by Gasteiger charge is -2.15. The summed E-state index contributed by atoms with van der Waals surface area (Å²) in [4.78, 5) is 11.6. The first-order valence-corrected chi connectivity index (χ1v) is 5.56. The van der Waals surface area contributed by atoms with Crippen molar-refractivity contribution in [3.05, 3.63) is 24.3 Å². The summed E-state index contributed by atoms with van der Waals surface area (Å²) in [6.07, 6.45) is -4.84. The first-order valence-electron chi connectivity index (χ1n) is 5.15. The van der Waals surface area contributed by atoms with Gasteiger partial charge in [0.1, 0.15) is 0 Å². The van der Waals surface area contributed by atoms with E-state index in [2.05, 4.69) is 22.3 Å². The molecular weight excluding hydrogens is 281 g/mol. The number of benzene rings is 1. The predicted octanol–water partition coefficient (Wildman–Crippen LogP) is 2.45. The molecule has 0 saturated carbocycles. The van der Waals surface area contributed by atoms with E-state index in [0.717, 1.165) is 6.07 Å². The van der Waals surface area contributed by atoms with Crippen molar-refractivity contribution < 1.29 is 22.7 Å². The fourth-order valence-corrected chi connectivity index (χ4v) is 1.26. The Kier molecular flexibility index (Phi) is 4.71. The predicted molar refractivity (Wildman–Crippen MR) is 67.7 cm³/mol. The van der Waals surface area contributed by atoms with Gasteiger partial charge in [-0.25, -0.2) is 0 Å². The number of rotatable bonds is 4. The van der Waals surface area contributed by atoms with Crippen molar-refractivity contribution >= 4 is 28.8 Å². The van der Waals surface area contributed by atoms with Crippen LogP contribution in [0.2, 0.25) is 0 Å². The Labute approximate surface area is 112 Å². The molecule has 104 valence electrons. The number of ether oxygens (including phenoxy) is 1. The summed E-state index contributed by atoms with van der Waals surface area (Å²) in [7, 11) is 0. The summed E-state index contributed by atoms with van der Waals surface area (Å²) in [5.41, 5.74) is 5.19. The minimum Gasteiger partial charge on any atom is -0.404 e. The van der Waals surface area contributed by atoms with Crippen LogP contribution in [-0.4, -0.2) is 17.3 Å². The zero-order valence-electron chi connectivity index (χ0n) is 9.82. The van der Waals surface area contributed by atoms with Gasteiger partial charge in [-0.2, -0.15) is 0 Å². The molecule has 1 atom stereocenters. The van der Waals surface area contributed by atoms with E-state index in [1.807, 2.05) is 0 Å². The smallest absolute Gasteiger partial charge is 0.404 e. The molecule has 0 spiro atoms. The molecule has 0 aliphatic rings. The number of anilines is 1. The number of halogens is 3. The van der Waals surface area contributed by atoms with Gasteiger partial charge in [-0.05, 0) is 19.1 Å². The van der Waals surface area contributed by atoms with Crippen molar-refractivity contribution in [2.75, 3.05) is 5.32 Å². The van der Waals surface area contributed by atoms with Crippen LogP contribution >= 0.6 is 12.2 Å². The van der Waals surface area contributed by atoms with Crippen molar-refractivity contribution in [3.63, 3.8) is 0 Å². The molecule has 0 heterocycles. The van der Waals surface area contributed by atoms with Crippen LogP contribution in [0.5, 0.6) is 5.75 Å². The summed E-state index contributed by atoms with van der Waals surface area (Å²) < 4.78 is 40.3. The second-order valence-corrected chi connectivity index (χ2v) is 4.13. The molecule has 1 aromatic carbocycles. The maximum Gasteiger partial charge on any atom is 0.573 e. The molecule has 1 aromatic rings. The van der Waals surface area contributed by atoms with Crippen LogP contribution in [0.15, 0.2) is 24.3 Å². The maximum absolute atomic E-state index is 12.2. The zero-order valence-corrected chi connectivity index (χ0v) is 10.6. The van der Waals surface area contributed by atoms with E-state index < -0.39 is 23.9 Å². The van der Waals surface area contributed by atoms with Gasteiger partial charge in [0.2, 0.25) is 5.91 Å². The largest absolute Gasteiger partial charge is 0.573 e. The Bertz CT molecular complexity index is 491. The van der Waals surface area contributed by atoms with Crippen molar-refractivity contribution in [1.82, 2.24) is 0 Å². The minimum atomic E-state index is -4.84. The summed E-state index contributed by atoms with van der Waals surface area (Å²) in [5.74, 6) is -1.90. The van der Waals surface area contributed by atoms with Gasteiger partial charge in [0.05, 0.1) is 16.6 Å². The van der Waals surface area contributed by atoms with Gasteiger partial charge in [0, 0.05) is 0 Å². The molecule has 0 saturated heterocycles. The Hall–Kier alpha value is -1.83. The molecule has 1 amide bonds. The van der Waals surface area contributed by atoms with Crippen molar-refractivity contribution in [1.29, 1.82) is 0 Å². The number of alkyl halides is 3. The highest BCUT2D eigenvalue weighted by Crippen LogP contribution is 2.30. The Morgan fingerprint density at radius 3 is 2.53 bits per heavy atom. The molecular formula is C11H11F3N2O2S. The number of nitrogens with two attached hydrogens (primary N) is 1. The van der Waals surface area contributed by atoms with Crippen LogP contribution in [-0.2, 0) is 4.79 Å². The molecule has 0 radical (unpaired) electrons. The highest BCUT2D eigenvalue weighted by Gasteiger charge is 2.32. The molecule has 19 heavy (non-hydrogen) atoms. The topological polar surface area (TPSA) is 64.3 Å². The zero-order chi connectivity index (χ0) is 14.6. The lowest BCUT2D eigenvalue weighted by molar-refractivity contribution is -0.274. The SMILES string of the molecule is CC(C(=O)Nc1ccccc1OC(F)(F)F)C(N)=S. The fraction of sp³-hybridized carbons (Fsp3) is 0.273. The minimum absolute atomic E-state index is 0.0493. The second kappa shape index (κ2) is 5.87. The highest BCUT2D eigenvalue weighted by atomic mass is 32.1. The molecule has 0 aromatic heterocycles. The van der Waals surface area contributed by atoms with Gasteiger partial charge < -0.3 is 15.8 Å². The van der Waals surface area contributed by atoms with Gasteiger partial charge in [0.25, 0.3) is 0 Å². The van der Waals surface area contributed by atoms with Gasteiger partial charge in [0.15, 0.2) is 5.75 Å². The Balaban J connectivity index is 2.90. The molecule has 0 aliphatic carbocycles. The van der Waals surface area contributed by atoms with Crippen LogP contribution < -0.4 is 15.8 Å². The monoisotopic (exact) mass is 292 g/mol. The molecule has 0 fully saturated rings. The summed E-state index contributed by atoms with van der Waals surface area (Å²) in [5, 5.41) is 2.28. The molecule has 3 N–H and O–H groups in total. The third kappa shape index (κ3) is 4.74. The van der Waals surface area contributed by atoms with Gasteiger partial charge >= 0.3 is 6.36 Å². The average molecular weight is 292 g/mol. The van der Waals surface area contributed by atoms with Crippen molar-refractivity contribution in [2.45, 2.75) is 13.3 Å². The molecule has 4 nitrogen and oxygen atoms in total. The molecule has 0 bridgehead atoms. The molecule has 8 heteroatoms. The number of carbonyl (C=O) groups excluding carboxylic acids is 1. The molecule has 1 rings (SSSR count). The van der Waals surface area contributed by atoms with Crippen LogP contribution in [0.1, 0.15) is 6.92 Å². The number of hydrogen-bond donors (Lipinski definition) is 2. The third-order valence-corrected chi connectivity index (χ3v) is 2.54. The summed E-state index contributed by atoms with van der Waals surface area (Å²) >= 11 is 4.64. The number of carbonyl (C=O) groups is 1. The van der Waals surface area contributed by atoms with E-state index >= 15 is 0 Å². The van der Waals surface area contributed by atoms with E-state index in [-0.39, 0.29) is 10.7 Å². The number of hydrogen-bond acceptors (Lipinski definition) is 3. The number of thiocarbonyl (C=S) groups is 1. The Morgan fingerprint density at radius 1 is 1.42 bits per heavy atom.